The first-order valence-corrected chi connectivity index (χ1v) is 5.63. The Morgan fingerprint density at radius 3 is 2.43 bits per heavy atom. The van der Waals surface area contributed by atoms with Crippen molar-refractivity contribution >= 4 is 27.4 Å². The van der Waals surface area contributed by atoms with Crippen molar-refractivity contribution in [2.24, 2.45) is 5.73 Å². The normalized spacial score (nSPS) is 13.9. The predicted molar refractivity (Wildman–Crippen MR) is 48.7 cm³/mol. The van der Waals surface area contributed by atoms with Crippen LogP contribution in [0, 0.1) is 0 Å². The first-order chi connectivity index (χ1) is 6.32. The van der Waals surface area contributed by atoms with Gasteiger partial charge in [-0.3, -0.25) is 9.35 Å². The summed E-state index contributed by atoms with van der Waals surface area (Å²) in [6.07, 6.45) is 0. The van der Waals surface area contributed by atoms with Crippen LogP contribution in [0.25, 0.3) is 0 Å². The SMILES string of the molecule is N[C@@H](C(=O)O)c1ccc(S(=O)(=O)O)s1. The van der Waals surface area contributed by atoms with E-state index in [4.69, 9.17) is 15.4 Å². The Morgan fingerprint density at radius 2 is 2.07 bits per heavy atom. The molecule has 14 heavy (non-hydrogen) atoms. The fourth-order valence-corrected chi connectivity index (χ4v) is 2.44. The summed E-state index contributed by atoms with van der Waals surface area (Å²) in [5, 5.41) is 8.52. The average molecular weight is 237 g/mol. The molecule has 0 saturated heterocycles. The summed E-state index contributed by atoms with van der Waals surface area (Å²) in [6, 6.07) is 1.10. The Hall–Kier alpha value is -0.960. The molecule has 1 heterocycles. The van der Waals surface area contributed by atoms with Crippen molar-refractivity contribution in [1.29, 1.82) is 0 Å². The minimum atomic E-state index is -4.27. The molecule has 0 aliphatic rings. The minimum absolute atomic E-state index is 0.171. The Kier molecular flexibility index (Phi) is 2.90. The van der Waals surface area contributed by atoms with Gasteiger partial charge in [-0.1, -0.05) is 0 Å². The lowest BCUT2D eigenvalue weighted by Crippen LogP contribution is -2.19. The molecule has 0 spiro atoms. The van der Waals surface area contributed by atoms with Crippen LogP contribution >= 0.6 is 11.3 Å². The third-order valence-corrected chi connectivity index (χ3v) is 3.92. The fraction of sp³-hybridized carbons (Fsp3) is 0.167. The summed E-state index contributed by atoms with van der Waals surface area (Å²) in [7, 11) is -4.27. The molecular formula is C6H7NO5S2. The number of aliphatic carboxylic acids is 1. The number of hydrogen-bond acceptors (Lipinski definition) is 5. The third-order valence-electron chi connectivity index (χ3n) is 1.43. The van der Waals surface area contributed by atoms with Crippen LogP contribution in [0.15, 0.2) is 16.3 Å². The number of carboxylic acids is 1. The molecule has 0 saturated carbocycles. The molecule has 0 aliphatic carbocycles. The van der Waals surface area contributed by atoms with E-state index in [1.54, 1.807) is 0 Å². The van der Waals surface area contributed by atoms with Crippen LogP contribution in [0.4, 0.5) is 0 Å². The smallest absolute Gasteiger partial charge is 0.325 e. The summed E-state index contributed by atoms with van der Waals surface area (Å²) in [5.41, 5.74) is 5.23. The van der Waals surface area contributed by atoms with Gasteiger partial charge >= 0.3 is 16.1 Å². The number of nitrogens with two attached hydrogens (primary N) is 1. The van der Waals surface area contributed by atoms with E-state index < -0.39 is 22.1 Å². The van der Waals surface area contributed by atoms with Crippen molar-refractivity contribution in [1.82, 2.24) is 0 Å². The zero-order valence-corrected chi connectivity index (χ0v) is 8.38. The summed E-state index contributed by atoms with van der Waals surface area (Å²) >= 11 is 0.632. The monoisotopic (exact) mass is 237 g/mol. The van der Waals surface area contributed by atoms with Gasteiger partial charge in [-0.25, -0.2) is 0 Å². The quantitative estimate of drug-likeness (QED) is 0.641. The Labute approximate surface area is 83.7 Å². The highest BCUT2D eigenvalue weighted by molar-refractivity contribution is 7.88. The Bertz CT molecular complexity index is 449. The topological polar surface area (TPSA) is 118 Å². The van der Waals surface area contributed by atoms with Gasteiger partial charge in [0.25, 0.3) is 0 Å². The number of carbonyl (C=O) groups is 1. The lowest BCUT2D eigenvalue weighted by Gasteiger charge is -2.00. The second kappa shape index (κ2) is 3.65. The van der Waals surface area contributed by atoms with Gasteiger partial charge in [0.15, 0.2) is 0 Å². The third kappa shape index (κ3) is 2.29. The van der Waals surface area contributed by atoms with E-state index in [2.05, 4.69) is 0 Å². The second-order valence-electron chi connectivity index (χ2n) is 2.45. The molecule has 78 valence electrons. The number of rotatable bonds is 3. The zero-order chi connectivity index (χ0) is 10.9. The Balaban J connectivity index is 3.06. The van der Waals surface area contributed by atoms with Crippen molar-refractivity contribution in [3.05, 3.63) is 17.0 Å². The summed E-state index contributed by atoms with van der Waals surface area (Å²) in [5.74, 6) is -1.26. The summed E-state index contributed by atoms with van der Waals surface area (Å²) in [6.45, 7) is 0. The van der Waals surface area contributed by atoms with Crippen molar-refractivity contribution in [2.75, 3.05) is 0 Å². The molecular weight excluding hydrogens is 230 g/mol. The van der Waals surface area contributed by atoms with Crippen LogP contribution in [-0.4, -0.2) is 24.0 Å². The van der Waals surface area contributed by atoms with Crippen molar-refractivity contribution in [3.8, 4) is 0 Å². The van der Waals surface area contributed by atoms with Crippen LogP contribution in [-0.2, 0) is 14.9 Å². The van der Waals surface area contributed by atoms with Gasteiger partial charge in [0.1, 0.15) is 10.3 Å². The largest absolute Gasteiger partial charge is 0.480 e. The maximum Gasteiger partial charge on any atom is 0.325 e. The van der Waals surface area contributed by atoms with Gasteiger partial charge < -0.3 is 10.8 Å². The van der Waals surface area contributed by atoms with Gasteiger partial charge in [0.2, 0.25) is 0 Å². The van der Waals surface area contributed by atoms with Crippen LogP contribution in [0.2, 0.25) is 0 Å². The molecule has 6 nitrogen and oxygen atoms in total. The van der Waals surface area contributed by atoms with Gasteiger partial charge in [-0.2, -0.15) is 8.42 Å². The lowest BCUT2D eigenvalue weighted by molar-refractivity contribution is -0.138. The molecule has 1 atom stereocenters. The molecule has 1 aromatic heterocycles. The first-order valence-electron chi connectivity index (χ1n) is 3.38. The minimum Gasteiger partial charge on any atom is -0.480 e. The maximum absolute atomic E-state index is 10.6. The highest BCUT2D eigenvalue weighted by Gasteiger charge is 2.20. The average Bonchev–Trinajstić information content (AvgIpc) is 2.49. The van der Waals surface area contributed by atoms with Crippen LogP contribution < -0.4 is 5.73 Å². The molecule has 4 N–H and O–H groups in total. The molecule has 0 aromatic carbocycles. The van der Waals surface area contributed by atoms with E-state index in [0.29, 0.717) is 11.3 Å². The van der Waals surface area contributed by atoms with E-state index in [9.17, 15) is 13.2 Å². The number of hydrogen-bond donors (Lipinski definition) is 3. The fourth-order valence-electron chi connectivity index (χ4n) is 0.762. The van der Waals surface area contributed by atoms with Crippen LogP contribution in [0.1, 0.15) is 10.9 Å². The van der Waals surface area contributed by atoms with E-state index in [-0.39, 0.29) is 9.09 Å². The molecule has 1 rings (SSSR count). The molecule has 0 amide bonds. The van der Waals surface area contributed by atoms with E-state index in [1.807, 2.05) is 0 Å². The first kappa shape index (κ1) is 11.1. The van der Waals surface area contributed by atoms with Crippen molar-refractivity contribution < 1.29 is 22.9 Å². The molecule has 0 fully saturated rings. The highest BCUT2D eigenvalue weighted by atomic mass is 32.3. The highest BCUT2D eigenvalue weighted by Crippen LogP contribution is 2.25. The van der Waals surface area contributed by atoms with Gasteiger partial charge in [0.05, 0.1) is 0 Å². The molecule has 0 radical (unpaired) electrons. The molecule has 0 aliphatic heterocycles. The molecule has 1 aromatic rings. The van der Waals surface area contributed by atoms with Gasteiger partial charge in [0, 0.05) is 4.88 Å². The second-order valence-corrected chi connectivity index (χ2v) is 5.21. The number of carboxylic acid groups (broad SMARTS) is 1. The van der Waals surface area contributed by atoms with Crippen LogP contribution in [0.5, 0.6) is 0 Å². The van der Waals surface area contributed by atoms with E-state index in [1.165, 1.54) is 6.07 Å². The summed E-state index contributed by atoms with van der Waals surface area (Å²) < 4.78 is 29.5. The summed E-state index contributed by atoms with van der Waals surface area (Å²) in [4.78, 5) is 10.6. The van der Waals surface area contributed by atoms with Gasteiger partial charge in [-0.05, 0) is 12.1 Å². The molecule has 8 heteroatoms. The van der Waals surface area contributed by atoms with Crippen LogP contribution in [0.3, 0.4) is 0 Å². The van der Waals surface area contributed by atoms with Crippen molar-refractivity contribution in [2.45, 2.75) is 10.3 Å². The predicted octanol–water partition coefficient (Wildman–Crippen LogP) is 0.0792. The maximum atomic E-state index is 10.6. The standard InChI is InChI=1S/C6H7NO5S2/c7-5(6(8)9)3-1-2-4(13-3)14(10,11)12/h1-2,5H,7H2,(H,8,9)(H,10,11,12)/t5-/m1/s1. The van der Waals surface area contributed by atoms with Gasteiger partial charge in [-0.15, -0.1) is 11.3 Å². The molecule has 0 unspecified atom stereocenters. The van der Waals surface area contributed by atoms with E-state index >= 15 is 0 Å². The van der Waals surface area contributed by atoms with E-state index in [0.717, 1.165) is 6.07 Å². The van der Waals surface area contributed by atoms with Crippen molar-refractivity contribution in [3.63, 3.8) is 0 Å². The molecule has 0 bridgehead atoms. The Morgan fingerprint density at radius 1 is 1.50 bits per heavy atom. The number of thiophene rings is 1. The zero-order valence-electron chi connectivity index (χ0n) is 6.75. The lowest BCUT2D eigenvalue weighted by atomic mass is 10.3.